The number of carboxylic acid groups (broad SMARTS) is 1. The third kappa shape index (κ3) is 8.59. The number of nitrogens with one attached hydrogen (secondary N) is 3. The van der Waals surface area contributed by atoms with Gasteiger partial charge in [-0.2, -0.15) is 0 Å². The van der Waals surface area contributed by atoms with Crippen molar-refractivity contribution in [2.75, 3.05) is 13.2 Å². The molecule has 0 aromatic heterocycles. The van der Waals surface area contributed by atoms with E-state index in [4.69, 9.17) is 9.47 Å². The number of carbonyl (C=O) groups is 6. The first-order valence-electron chi connectivity index (χ1n) is 13.3. The zero-order chi connectivity index (χ0) is 35.7. The molecular weight excluding hydrogens is 642 g/mol. The van der Waals surface area contributed by atoms with Gasteiger partial charge in [0.2, 0.25) is 0 Å². The van der Waals surface area contributed by atoms with Crippen molar-refractivity contribution in [3.63, 3.8) is 0 Å². The zero-order valence-corrected chi connectivity index (χ0v) is 24.4. The van der Waals surface area contributed by atoms with E-state index in [1.165, 1.54) is 18.2 Å². The largest absolute Gasteiger partial charge is 0.504 e. The number of aromatic hydroxyl groups is 6. The molecule has 2 atom stereocenters. The van der Waals surface area contributed by atoms with Gasteiger partial charge in [-0.05, 0) is 36.4 Å². The number of amides is 3. The molecule has 3 rings (SSSR count). The molecule has 3 aromatic carbocycles. The van der Waals surface area contributed by atoms with Crippen molar-refractivity contribution in [1.82, 2.24) is 16.0 Å². The van der Waals surface area contributed by atoms with Crippen LogP contribution in [0.4, 0.5) is 0 Å². The molecule has 10 N–H and O–H groups in total. The van der Waals surface area contributed by atoms with E-state index in [2.05, 4.69) is 11.9 Å². The van der Waals surface area contributed by atoms with Gasteiger partial charge in [0.15, 0.2) is 46.6 Å². The van der Waals surface area contributed by atoms with E-state index in [0.29, 0.717) is 0 Å². The van der Waals surface area contributed by atoms with Gasteiger partial charge in [-0.3, -0.25) is 14.4 Å². The quantitative estimate of drug-likeness (QED) is 0.0647. The topological polar surface area (TPSA) is 299 Å². The van der Waals surface area contributed by atoms with Crippen molar-refractivity contribution < 1.29 is 74.0 Å². The molecule has 2 unspecified atom stereocenters. The SMILES string of the molecule is C=C(NC(=O)c1cccc(O)c1O)C(=O)OCC(NC(=O)c1cccc(O)c1O)C(=O)OCC(NC(=O)c1cccc(O)c1O)C(=O)O. The Morgan fingerprint density at radius 2 is 1.00 bits per heavy atom. The smallest absolute Gasteiger partial charge is 0.354 e. The number of phenols is 6. The van der Waals surface area contributed by atoms with Crippen LogP contribution in [0, 0.1) is 0 Å². The van der Waals surface area contributed by atoms with E-state index < -0.39 is 118 Å². The van der Waals surface area contributed by atoms with Crippen LogP contribution in [0.3, 0.4) is 0 Å². The Balaban J connectivity index is 1.74. The summed E-state index contributed by atoms with van der Waals surface area (Å²) in [7, 11) is 0. The van der Waals surface area contributed by atoms with Crippen LogP contribution < -0.4 is 16.0 Å². The fourth-order valence-corrected chi connectivity index (χ4v) is 3.73. The minimum atomic E-state index is -1.94. The summed E-state index contributed by atoms with van der Waals surface area (Å²) in [6, 6.07) is 6.14. The fourth-order valence-electron chi connectivity index (χ4n) is 3.73. The predicted molar refractivity (Wildman–Crippen MR) is 158 cm³/mol. The number of benzene rings is 3. The lowest BCUT2D eigenvalue weighted by atomic mass is 10.1. The Morgan fingerprint density at radius 1 is 0.604 bits per heavy atom. The minimum absolute atomic E-state index is 0.442. The van der Waals surface area contributed by atoms with Crippen LogP contribution >= 0.6 is 0 Å². The highest BCUT2D eigenvalue weighted by Crippen LogP contribution is 2.30. The lowest BCUT2D eigenvalue weighted by Gasteiger charge is -2.20. The van der Waals surface area contributed by atoms with E-state index in [9.17, 15) is 64.5 Å². The first kappa shape index (κ1) is 35.5. The summed E-state index contributed by atoms with van der Waals surface area (Å²) in [5, 5.41) is 74.3. The monoisotopic (exact) mass is 669 g/mol. The number of hydrogen-bond acceptors (Lipinski definition) is 14. The van der Waals surface area contributed by atoms with E-state index in [-0.39, 0.29) is 0 Å². The first-order chi connectivity index (χ1) is 22.6. The summed E-state index contributed by atoms with van der Waals surface area (Å²) < 4.78 is 9.88. The van der Waals surface area contributed by atoms with Crippen molar-refractivity contribution in [2.24, 2.45) is 0 Å². The molecule has 0 aliphatic rings. The van der Waals surface area contributed by atoms with Crippen molar-refractivity contribution >= 4 is 35.6 Å². The van der Waals surface area contributed by atoms with E-state index in [1.54, 1.807) is 0 Å². The second-order valence-corrected chi connectivity index (χ2v) is 9.57. The first-order valence-corrected chi connectivity index (χ1v) is 13.3. The average Bonchev–Trinajstić information content (AvgIpc) is 3.04. The van der Waals surface area contributed by atoms with Crippen LogP contribution in [0.2, 0.25) is 0 Å². The lowest BCUT2D eigenvalue weighted by Crippen LogP contribution is -2.49. The van der Waals surface area contributed by atoms with Crippen molar-refractivity contribution in [1.29, 1.82) is 0 Å². The summed E-state index contributed by atoms with van der Waals surface area (Å²) in [5.74, 6) is -12.5. The minimum Gasteiger partial charge on any atom is -0.504 e. The van der Waals surface area contributed by atoms with Crippen LogP contribution in [0.25, 0.3) is 0 Å². The normalized spacial score (nSPS) is 11.7. The Labute approximate surface area is 269 Å². The van der Waals surface area contributed by atoms with Crippen LogP contribution in [-0.4, -0.2) is 96.7 Å². The third-order valence-corrected chi connectivity index (χ3v) is 6.26. The van der Waals surface area contributed by atoms with Gasteiger partial charge in [0.1, 0.15) is 18.9 Å². The second-order valence-electron chi connectivity index (χ2n) is 9.57. The number of carbonyl (C=O) groups excluding carboxylic acids is 5. The molecule has 252 valence electrons. The van der Waals surface area contributed by atoms with Gasteiger partial charge >= 0.3 is 17.9 Å². The van der Waals surface area contributed by atoms with Gasteiger partial charge in [-0.15, -0.1) is 0 Å². The van der Waals surface area contributed by atoms with Gasteiger partial charge < -0.3 is 61.2 Å². The molecule has 0 saturated carbocycles. The highest BCUT2D eigenvalue weighted by molar-refractivity contribution is 6.03. The lowest BCUT2D eigenvalue weighted by molar-refractivity contribution is -0.152. The standard InChI is InChI=1S/C30H27N3O15/c1-13(31-25(40)14-5-2-8-19(34)22(14)37)29(45)47-12-18(33-27(42)16-7-4-10-21(36)24(16)39)30(46)48-11-17(28(43)44)32-26(41)15-6-3-9-20(35)23(15)38/h2-10,17-18,34-39H,1,11-12H2,(H,31,40)(H,32,41)(H,33,42)(H,43,44). The van der Waals surface area contributed by atoms with Gasteiger partial charge in [0.25, 0.3) is 17.7 Å². The number of esters is 2. The molecule has 3 aromatic rings. The molecule has 0 fully saturated rings. The molecule has 0 bridgehead atoms. The van der Waals surface area contributed by atoms with Crippen LogP contribution in [-0.2, 0) is 23.9 Å². The molecule has 0 aliphatic heterocycles. The molecule has 18 heteroatoms. The van der Waals surface area contributed by atoms with Crippen LogP contribution in [0.5, 0.6) is 34.5 Å². The Kier molecular flexibility index (Phi) is 11.3. The number of carboxylic acids is 1. The molecule has 0 spiro atoms. The number of para-hydroxylation sites is 3. The highest BCUT2D eigenvalue weighted by Gasteiger charge is 2.30. The molecule has 3 amide bonds. The highest BCUT2D eigenvalue weighted by atomic mass is 16.6. The van der Waals surface area contributed by atoms with Crippen LogP contribution in [0.15, 0.2) is 66.9 Å². The zero-order valence-electron chi connectivity index (χ0n) is 24.4. The summed E-state index contributed by atoms with van der Waals surface area (Å²) in [6.07, 6.45) is 0. The maximum absolute atomic E-state index is 13.0. The molecule has 48 heavy (non-hydrogen) atoms. The number of ether oxygens (including phenoxy) is 2. The molecule has 0 saturated heterocycles. The molecule has 0 radical (unpaired) electrons. The van der Waals surface area contributed by atoms with Gasteiger partial charge in [0.05, 0.1) is 16.7 Å². The van der Waals surface area contributed by atoms with E-state index >= 15 is 0 Å². The number of hydrogen-bond donors (Lipinski definition) is 10. The average molecular weight is 670 g/mol. The van der Waals surface area contributed by atoms with Gasteiger partial charge in [-0.25, -0.2) is 14.4 Å². The van der Waals surface area contributed by atoms with E-state index in [1.807, 2.05) is 10.6 Å². The Hall–Kier alpha value is -6.98. The van der Waals surface area contributed by atoms with Gasteiger partial charge in [-0.1, -0.05) is 24.8 Å². The van der Waals surface area contributed by atoms with Crippen LogP contribution in [0.1, 0.15) is 31.1 Å². The molecule has 18 nitrogen and oxygen atoms in total. The number of aliphatic carboxylic acids is 1. The molecule has 0 aliphatic carbocycles. The fraction of sp³-hybridized carbons (Fsp3) is 0.133. The van der Waals surface area contributed by atoms with Gasteiger partial charge in [0, 0.05) is 0 Å². The maximum atomic E-state index is 13.0. The Bertz CT molecular complexity index is 1790. The van der Waals surface area contributed by atoms with Crippen molar-refractivity contribution in [3.05, 3.63) is 83.6 Å². The van der Waals surface area contributed by atoms with E-state index in [0.717, 1.165) is 36.4 Å². The second kappa shape index (κ2) is 15.3. The number of rotatable bonds is 13. The number of phenolic OH excluding ortho intramolecular Hbond substituents is 6. The summed E-state index contributed by atoms with van der Waals surface area (Å²) in [6.45, 7) is 1.19. The summed E-state index contributed by atoms with van der Waals surface area (Å²) in [4.78, 5) is 75.1. The van der Waals surface area contributed by atoms with Crippen molar-refractivity contribution in [3.8, 4) is 34.5 Å². The molecule has 0 heterocycles. The summed E-state index contributed by atoms with van der Waals surface area (Å²) >= 11 is 0. The maximum Gasteiger partial charge on any atom is 0.354 e. The Morgan fingerprint density at radius 3 is 1.44 bits per heavy atom. The third-order valence-electron chi connectivity index (χ3n) is 6.26. The molecular formula is C30H27N3O15. The predicted octanol–water partition coefficient (Wildman–Crippen LogP) is -0.0681. The van der Waals surface area contributed by atoms with Crippen molar-refractivity contribution in [2.45, 2.75) is 12.1 Å². The summed E-state index contributed by atoms with van der Waals surface area (Å²) in [5.41, 5.74) is -2.22.